The van der Waals surface area contributed by atoms with Gasteiger partial charge in [0, 0.05) is 44.7 Å². The second kappa shape index (κ2) is 6.55. The molecule has 6 nitrogen and oxygen atoms in total. The molecule has 0 unspecified atom stereocenters. The first-order chi connectivity index (χ1) is 12.1. The topological polar surface area (TPSA) is 69.3 Å². The van der Waals surface area contributed by atoms with Crippen LogP contribution in [-0.2, 0) is 29.6 Å². The highest BCUT2D eigenvalue weighted by molar-refractivity contribution is 7.86. The number of nitrogens with zero attached hydrogens (tertiary/aromatic N) is 3. The maximum atomic E-state index is 13.0. The van der Waals surface area contributed by atoms with Gasteiger partial charge in [-0.1, -0.05) is 30.3 Å². The highest BCUT2D eigenvalue weighted by atomic mass is 32.2. The third-order valence-electron chi connectivity index (χ3n) is 5.14. The molecular formula is C18H24N4O2S. The van der Waals surface area contributed by atoms with Crippen LogP contribution >= 0.6 is 0 Å². The summed E-state index contributed by atoms with van der Waals surface area (Å²) in [6.45, 7) is 1.41. The van der Waals surface area contributed by atoms with E-state index in [0.717, 1.165) is 17.7 Å². The van der Waals surface area contributed by atoms with E-state index in [0.29, 0.717) is 32.0 Å². The van der Waals surface area contributed by atoms with Crippen molar-refractivity contribution in [1.29, 1.82) is 0 Å². The molecular weight excluding hydrogens is 336 g/mol. The Morgan fingerprint density at radius 3 is 2.64 bits per heavy atom. The van der Waals surface area contributed by atoms with Crippen molar-refractivity contribution in [2.45, 2.75) is 38.1 Å². The second-order valence-corrected chi connectivity index (χ2v) is 9.02. The summed E-state index contributed by atoms with van der Waals surface area (Å²) in [6, 6.07) is 9.70. The Kier molecular flexibility index (Phi) is 4.39. The van der Waals surface area contributed by atoms with Crippen molar-refractivity contribution in [3.63, 3.8) is 0 Å². The standard InChI is InChI=1S/C18H24N4O2S/c1-21(13-14-5-3-2-4-6-14)25(23,24)22-11-9-16-17(10-12-22)19-20-18(16)15-7-8-15/h2-6,15H,7-13H2,1H3,(H,19,20). The fraction of sp³-hybridized carbons (Fsp3) is 0.500. The molecule has 2 aromatic rings. The Balaban J connectivity index is 1.48. The summed E-state index contributed by atoms with van der Waals surface area (Å²) in [6.07, 6.45) is 3.86. The van der Waals surface area contributed by atoms with Gasteiger partial charge >= 0.3 is 0 Å². The summed E-state index contributed by atoms with van der Waals surface area (Å²) in [5, 5.41) is 7.62. The SMILES string of the molecule is CN(Cc1ccccc1)S(=O)(=O)N1CCc2[nH]nc(C3CC3)c2CC1. The molecule has 0 atom stereocenters. The highest BCUT2D eigenvalue weighted by Crippen LogP contribution is 2.41. The molecule has 2 heterocycles. The fourth-order valence-corrected chi connectivity index (χ4v) is 4.88. The average molecular weight is 360 g/mol. The first-order valence-corrected chi connectivity index (χ1v) is 10.3. The Labute approximate surface area is 149 Å². The zero-order chi connectivity index (χ0) is 17.4. The number of hydrogen-bond acceptors (Lipinski definition) is 3. The van der Waals surface area contributed by atoms with Crippen molar-refractivity contribution >= 4 is 10.2 Å². The van der Waals surface area contributed by atoms with Crippen LogP contribution < -0.4 is 0 Å². The molecule has 7 heteroatoms. The van der Waals surface area contributed by atoms with Crippen molar-refractivity contribution in [2.75, 3.05) is 20.1 Å². The van der Waals surface area contributed by atoms with Gasteiger partial charge in [0.05, 0.1) is 5.69 Å². The third kappa shape index (κ3) is 3.36. The Hall–Kier alpha value is -1.70. The molecule has 0 radical (unpaired) electrons. The fourth-order valence-electron chi connectivity index (χ4n) is 3.53. The number of H-pyrrole nitrogens is 1. The molecule has 0 spiro atoms. The van der Waals surface area contributed by atoms with Crippen LogP contribution in [0, 0.1) is 0 Å². The second-order valence-electron chi connectivity index (χ2n) is 6.99. The number of aromatic nitrogens is 2. The van der Waals surface area contributed by atoms with Crippen LogP contribution in [0.5, 0.6) is 0 Å². The Bertz CT molecular complexity index is 843. The van der Waals surface area contributed by atoms with Gasteiger partial charge < -0.3 is 0 Å². The number of aromatic amines is 1. The molecule has 2 aliphatic rings. The number of fused-ring (bicyclic) bond motifs is 1. The van der Waals surface area contributed by atoms with Crippen LogP contribution in [0.2, 0.25) is 0 Å². The maximum Gasteiger partial charge on any atom is 0.282 e. The molecule has 0 amide bonds. The van der Waals surface area contributed by atoms with Gasteiger partial charge in [0.25, 0.3) is 10.2 Å². The van der Waals surface area contributed by atoms with E-state index in [1.165, 1.54) is 28.4 Å². The Morgan fingerprint density at radius 1 is 1.20 bits per heavy atom. The molecule has 134 valence electrons. The van der Waals surface area contributed by atoms with E-state index in [4.69, 9.17) is 0 Å². The molecule has 0 bridgehead atoms. The van der Waals surface area contributed by atoms with E-state index in [-0.39, 0.29) is 0 Å². The van der Waals surface area contributed by atoms with E-state index in [1.54, 1.807) is 11.4 Å². The van der Waals surface area contributed by atoms with Gasteiger partial charge in [-0.05, 0) is 30.4 Å². The van der Waals surface area contributed by atoms with E-state index in [1.807, 2.05) is 30.3 Å². The van der Waals surface area contributed by atoms with Gasteiger partial charge in [0.1, 0.15) is 0 Å². The van der Waals surface area contributed by atoms with Crippen LogP contribution in [0.3, 0.4) is 0 Å². The van der Waals surface area contributed by atoms with Crippen molar-refractivity contribution < 1.29 is 8.42 Å². The van der Waals surface area contributed by atoms with Gasteiger partial charge in [-0.25, -0.2) is 0 Å². The average Bonchev–Trinajstić information content (AvgIpc) is 3.40. The van der Waals surface area contributed by atoms with Gasteiger partial charge in [0.2, 0.25) is 0 Å². The van der Waals surface area contributed by atoms with E-state index >= 15 is 0 Å². The predicted molar refractivity (Wildman–Crippen MR) is 96.4 cm³/mol. The largest absolute Gasteiger partial charge is 0.282 e. The molecule has 1 saturated carbocycles. The lowest BCUT2D eigenvalue weighted by Crippen LogP contribution is -2.42. The first-order valence-electron chi connectivity index (χ1n) is 8.87. The van der Waals surface area contributed by atoms with Gasteiger partial charge in [-0.15, -0.1) is 0 Å². The van der Waals surface area contributed by atoms with Gasteiger partial charge in [-0.2, -0.15) is 22.1 Å². The van der Waals surface area contributed by atoms with Gasteiger partial charge in [0.15, 0.2) is 0 Å². The minimum absolute atomic E-state index is 0.389. The predicted octanol–water partition coefficient (Wildman–Crippen LogP) is 2.06. The highest BCUT2D eigenvalue weighted by Gasteiger charge is 2.34. The van der Waals surface area contributed by atoms with E-state index in [2.05, 4.69) is 10.2 Å². The van der Waals surface area contributed by atoms with Crippen LogP contribution in [0.4, 0.5) is 0 Å². The monoisotopic (exact) mass is 360 g/mol. The third-order valence-corrected chi connectivity index (χ3v) is 7.07. The zero-order valence-electron chi connectivity index (χ0n) is 14.5. The van der Waals surface area contributed by atoms with Crippen LogP contribution in [-0.4, -0.2) is 47.4 Å². The minimum Gasteiger partial charge on any atom is -0.282 e. The summed E-state index contributed by atoms with van der Waals surface area (Å²) in [5.41, 5.74) is 4.54. The lowest BCUT2D eigenvalue weighted by Gasteiger charge is -2.26. The van der Waals surface area contributed by atoms with Crippen LogP contribution in [0.1, 0.15) is 41.3 Å². The number of rotatable bonds is 5. The van der Waals surface area contributed by atoms with Crippen LogP contribution in [0.25, 0.3) is 0 Å². The lowest BCUT2D eigenvalue weighted by atomic mass is 10.1. The summed E-state index contributed by atoms with van der Waals surface area (Å²) in [4.78, 5) is 0. The summed E-state index contributed by atoms with van der Waals surface area (Å²) in [5.74, 6) is 0.587. The first kappa shape index (κ1) is 16.8. The molecule has 1 fully saturated rings. The summed E-state index contributed by atoms with van der Waals surface area (Å²) >= 11 is 0. The zero-order valence-corrected chi connectivity index (χ0v) is 15.3. The minimum atomic E-state index is -3.46. The van der Waals surface area contributed by atoms with E-state index < -0.39 is 10.2 Å². The van der Waals surface area contributed by atoms with Crippen molar-refractivity contribution in [3.05, 3.63) is 52.8 Å². The number of nitrogens with one attached hydrogen (secondary N) is 1. The molecule has 4 rings (SSSR count). The normalized spacial score (nSPS) is 19.0. The number of benzene rings is 1. The molecule has 1 aliphatic heterocycles. The molecule has 25 heavy (non-hydrogen) atoms. The van der Waals surface area contributed by atoms with E-state index in [9.17, 15) is 8.42 Å². The van der Waals surface area contributed by atoms with Crippen molar-refractivity contribution in [1.82, 2.24) is 18.8 Å². The van der Waals surface area contributed by atoms with Gasteiger partial charge in [-0.3, -0.25) is 5.10 Å². The molecule has 1 aromatic carbocycles. The molecule has 1 N–H and O–H groups in total. The van der Waals surface area contributed by atoms with Crippen molar-refractivity contribution in [3.8, 4) is 0 Å². The summed E-state index contributed by atoms with van der Waals surface area (Å²) in [7, 11) is -1.81. The lowest BCUT2D eigenvalue weighted by molar-refractivity contribution is 0.364. The smallest absolute Gasteiger partial charge is 0.282 e. The molecule has 1 aliphatic carbocycles. The molecule has 0 saturated heterocycles. The summed E-state index contributed by atoms with van der Waals surface area (Å²) < 4.78 is 29.0. The quantitative estimate of drug-likeness (QED) is 0.887. The molecule has 1 aromatic heterocycles. The Morgan fingerprint density at radius 2 is 1.92 bits per heavy atom. The van der Waals surface area contributed by atoms with Crippen LogP contribution in [0.15, 0.2) is 30.3 Å². The number of hydrogen-bond donors (Lipinski definition) is 1. The van der Waals surface area contributed by atoms with Crippen molar-refractivity contribution in [2.24, 2.45) is 0 Å². The maximum absolute atomic E-state index is 13.0.